The van der Waals surface area contributed by atoms with Gasteiger partial charge in [0, 0.05) is 18.3 Å². The summed E-state index contributed by atoms with van der Waals surface area (Å²) in [6.07, 6.45) is 1.30. The van der Waals surface area contributed by atoms with E-state index in [1.807, 2.05) is 75.4 Å². The Balaban J connectivity index is 1.66. The number of amides is 2. The first-order valence-electron chi connectivity index (χ1n) is 10.9. The Morgan fingerprint density at radius 1 is 1.06 bits per heavy atom. The summed E-state index contributed by atoms with van der Waals surface area (Å²) < 4.78 is 7.55. The third-order valence-electron chi connectivity index (χ3n) is 5.94. The predicted molar refractivity (Wildman–Crippen MR) is 124 cm³/mol. The summed E-state index contributed by atoms with van der Waals surface area (Å²) in [6.45, 7) is 6.44. The molecule has 2 unspecified atom stereocenters. The lowest BCUT2D eigenvalue weighted by atomic mass is 9.83. The maximum absolute atomic E-state index is 12.2. The predicted octanol–water partition coefficient (Wildman–Crippen LogP) is 4.78. The fourth-order valence-electron chi connectivity index (χ4n) is 4.57. The summed E-state index contributed by atoms with van der Waals surface area (Å²) in [4.78, 5) is 25.5. The number of hydrogen-bond donors (Lipinski definition) is 2. The number of nitrogens with zero attached hydrogens (tertiary/aromatic N) is 3. The topological polar surface area (TPSA) is 111 Å². The molecule has 2 amide bonds. The highest BCUT2D eigenvalue weighted by Crippen LogP contribution is 2.40. The van der Waals surface area contributed by atoms with Gasteiger partial charge < -0.3 is 20.5 Å². The molecule has 2 heterocycles. The van der Waals surface area contributed by atoms with E-state index in [9.17, 15) is 14.7 Å². The molecule has 1 saturated heterocycles. The molecule has 4 rings (SSSR count). The van der Waals surface area contributed by atoms with Crippen molar-refractivity contribution < 1.29 is 19.4 Å². The molecule has 0 spiro atoms. The monoisotopic (exact) mass is 448 g/mol. The number of benzene rings is 2. The molecular formula is C25H28N4O4. The second-order valence-electron chi connectivity index (χ2n) is 9.32. The van der Waals surface area contributed by atoms with E-state index < -0.39 is 12.0 Å². The van der Waals surface area contributed by atoms with Gasteiger partial charge in [0.25, 0.3) is 5.91 Å². The maximum Gasteiger partial charge on any atom is 0.407 e. The zero-order valence-corrected chi connectivity index (χ0v) is 18.9. The summed E-state index contributed by atoms with van der Waals surface area (Å²) in [7, 11) is 0. The van der Waals surface area contributed by atoms with Crippen LogP contribution in [-0.2, 0) is 0 Å². The number of para-hydroxylation sites is 1. The van der Waals surface area contributed by atoms with Crippen LogP contribution in [0.2, 0.25) is 0 Å². The molecule has 3 aromatic rings. The lowest BCUT2D eigenvalue weighted by molar-refractivity contribution is 0.0904. The number of ether oxygens (including phenoxy) is 1. The molecule has 3 N–H and O–H groups in total. The van der Waals surface area contributed by atoms with Crippen molar-refractivity contribution in [2.24, 2.45) is 11.1 Å². The number of nitrogens with two attached hydrogens (primary N) is 1. The van der Waals surface area contributed by atoms with E-state index in [-0.39, 0.29) is 17.5 Å². The van der Waals surface area contributed by atoms with Crippen molar-refractivity contribution in [1.29, 1.82) is 0 Å². The van der Waals surface area contributed by atoms with Gasteiger partial charge in [0.2, 0.25) is 0 Å². The molecule has 0 radical (unpaired) electrons. The zero-order valence-electron chi connectivity index (χ0n) is 18.9. The van der Waals surface area contributed by atoms with Crippen LogP contribution >= 0.6 is 0 Å². The van der Waals surface area contributed by atoms with E-state index in [0.29, 0.717) is 30.0 Å². The van der Waals surface area contributed by atoms with E-state index in [1.54, 1.807) is 10.9 Å². The van der Waals surface area contributed by atoms with Crippen LogP contribution < -0.4 is 10.5 Å². The van der Waals surface area contributed by atoms with Gasteiger partial charge in [0.05, 0.1) is 17.6 Å². The first-order chi connectivity index (χ1) is 15.6. The molecule has 0 bridgehead atoms. The largest absolute Gasteiger partial charge is 0.465 e. The van der Waals surface area contributed by atoms with Gasteiger partial charge in [0.15, 0.2) is 0 Å². The number of primary amides is 1. The first-order valence-corrected chi connectivity index (χ1v) is 10.9. The molecule has 2 atom stereocenters. The molecular weight excluding hydrogens is 420 g/mol. The van der Waals surface area contributed by atoms with Gasteiger partial charge >= 0.3 is 6.09 Å². The average Bonchev–Trinajstić information content (AvgIpc) is 3.40. The molecule has 1 aliphatic heterocycles. The van der Waals surface area contributed by atoms with Gasteiger partial charge in [-0.05, 0) is 48.2 Å². The van der Waals surface area contributed by atoms with Crippen LogP contribution in [0, 0.1) is 5.41 Å². The molecule has 8 heteroatoms. The van der Waals surface area contributed by atoms with Crippen LogP contribution in [-0.4, -0.2) is 44.4 Å². The van der Waals surface area contributed by atoms with Crippen LogP contribution in [0.3, 0.4) is 0 Å². The Morgan fingerprint density at radius 2 is 1.70 bits per heavy atom. The molecule has 0 aliphatic carbocycles. The lowest BCUT2D eigenvalue weighted by Gasteiger charge is -2.36. The maximum atomic E-state index is 12.2. The van der Waals surface area contributed by atoms with Crippen LogP contribution in [0.15, 0.2) is 60.8 Å². The van der Waals surface area contributed by atoms with Gasteiger partial charge in [-0.2, -0.15) is 5.10 Å². The van der Waals surface area contributed by atoms with E-state index in [0.717, 1.165) is 11.3 Å². The SMILES string of the molecule is CC(C)(C)C1C(n2cc(C(N)=O)c(-c3ccc(Oc4ccccc4)cc3)n2)CCN1C(=O)O. The zero-order chi connectivity index (χ0) is 23.8. The number of likely N-dealkylation sites (tertiary alicyclic amines) is 1. The Bertz CT molecular complexity index is 1150. The number of carbonyl (C=O) groups is 2. The van der Waals surface area contributed by atoms with Crippen LogP contribution in [0.5, 0.6) is 11.5 Å². The smallest absolute Gasteiger partial charge is 0.407 e. The third kappa shape index (κ3) is 4.55. The van der Waals surface area contributed by atoms with Crippen LogP contribution in [0.1, 0.15) is 43.6 Å². The van der Waals surface area contributed by atoms with Gasteiger partial charge in [0.1, 0.15) is 17.2 Å². The van der Waals surface area contributed by atoms with E-state index in [1.165, 1.54) is 4.90 Å². The first kappa shape index (κ1) is 22.4. The molecule has 1 aromatic heterocycles. The summed E-state index contributed by atoms with van der Waals surface area (Å²) in [5.41, 5.74) is 6.85. The third-order valence-corrected chi connectivity index (χ3v) is 5.94. The van der Waals surface area contributed by atoms with Crippen molar-refractivity contribution in [3.05, 3.63) is 66.4 Å². The molecule has 1 aliphatic rings. The summed E-state index contributed by atoms with van der Waals surface area (Å²) >= 11 is 0. The number of carbonyl (C=O) groups excluding carboxylic acids is 1. The fourth-order valence-corrected chi connectivity index (χ4v) is 4.57. The summed E-state index contributed by atoms with van der Waals surface area (Å²) in [5, 5.41) is 14.4. The van der Waals surface area contributed by atoms with Crippen molar-refractivity contribution in [1.82, 2.24) is 14.7 Å². The van der Waals surface area contributed by atoms with Gasteiger partial charge in [-0.15, -0.1) is 0 Å². The molecule has 8 nitrogen and oxygen atoms in total. The Hall–Kier alpha value is -3.81. The quantitative estimate of drug-likeness (QED) is 0.583. The Labute approximate surface area is 192 Å². The lowest BCUT2D eigenvalue weighted by Crippen LogP contribution is -2.46. The van der Waals surface area contributed by atoms with Crippen molar-refractivity contribution in [2.75, 3.05) is 6.54 Å². The molecule has 0 saturated carbocycles. The highest BCUT2D eigenvalue weighted by Gasteiger charge is 2.45. The van der Waals surface area contributed by atoms with Crippen molar-refractivity contribution in [3.8, 4) is 22.8 Å². The minimum atomic E-state index is -0.950. The van der Waals surface area contributed by atoms with Crippen molar-refractivity contribution >= 4 is 12.0 Å². The van der Waals surface area contributed by atoms with E-state index in [2.05, 4.69) is 0 Å². The highest BCUT2D eigenvalue weighted by atomic mass is 16.5. The van der Waals surface area contributed by atoms with Crippen molar-refractivity contribution in [3.63, 3.8) is 0 Å². The summed E-state index contributed by atoms with van der Waals surface area (Å²) in [5.74, 6) is 0.803. The second-order valence-corrected chi connectivity index (χ2v) is 9.32. The number of rotatable bonds is 5. The van der Waals surface area contributed by atoms with E-state index in [4.69, 9.17) is 15.6 Å². The number of carboxylic acid groups (broad SMARTS) is 1. The standard InChI is InChI=1S/C25H28N4O4/c1-25(2,3)22-20(13-14-28(22)24(31)32)29-15-19(23(26)30)21(27-29)16-9-11-18(12-10-16)33-17-7-5-4-6-8-17/h4-12,15,20,22H,13-14H2,1-3H3,(H2,26,30)(H,31,32). The normalized spacial score (nSPS) is 18.3. The molecule has 1 fully saturated rings. The number of hydrogen-bond acceptors (Lipinski definition) is 4. The number of aromatic nitrogens is 2. The molecule has 2 aromatic carbocycles. The van der Waals surface area contributed by atoms with Gasteiger partial charge in [-0.3, -0.25) is 9.48 Å². The van der Waals surface area contributed by atoms with Gasteiger partial charge in [-0.25, -0.2) is 4.79 Å². The second kappa shape index (κ2) is 8.61. The van der Waals surface area contributed by atoms with Gasteiger partial charge in [-0.1, -0.05) is 39.0 Å². The van der Waals surface area contributed by atoms with E-state index >= 15 is 0 Å². The Morgan fingerprint density at radius 3 is 2.27 bits per heavy atom. The fraction of sp³-hybridized carbons (Fsp3) is 0.320. The van der Waals surface area contributed by atoms with Crippen molar-refractivity contribution in [2.45, 2.75) is 39.3 Å². The van der Waals surface area contributed by atoms with Crippen LogP contribution in [0.4, 0.5) is 4.79 Å². The Kier molecular flexibility index (Phi) is 5.84. The summed E-state index contributed by atoms with van der Waals surface area (Å²) in [6, 6.07) is 16.2. The average molecular weight is 449 g/mol. The minimum absolute atomic E-state index is 0.200. The van der Waals surface area contributed by atoms with Crippen LogP contribution in [0.25, 0.3) is 11.3 Å². The molecule has 172 valence electrons. The highest BCUT2D eigenvalue weighted by molar-refractivity contribution is 5.98. The minimum Gasteiger partial charge on any atom is -0.465 e. The molecule has 33 heavy (non-hydrogen) atoms.